The number of aryl methyl sites for hydroxylation is 1. The third-order valence-electron chi connectivity index (χ3n) is 3.43. The Balaban J connectivity index is 1.81. The van der Waals surface area contributed by atoms with Crippen LogP contribution in [0.25, 0.3) is 0 Å². The first-order chi connectivity index (χ1) is 10.2. The van der Waals surface area contributed by atoms with E-state index in [-0.39, 0.29) is 11.8 Å². The molecule has 0 saturated carbocycles. The minimum atomic E-state index is -0.202. The highest BCUT2D eigenvalue weighted by Crippen LogP contribution is 2.08. The van der Waals surface area contributed by atoms with Crippen LogP contribution in [0.5, 0.6) is 0 Å². The topological polar surface area (TPSA) is 85.8 Å². The summed E-state index contributed by atoms with van der Waals surface area (Å²) < 4.78 is 1.84. The van der Waals surface area contributed by atoms with Gasteiger partial charge in [-0.2, -0.15) is 0 Å². The van der Waals surface area contributed by atoms with E-state index in [9.17, 15) is 4.79 Å². The Morgan fingerprint density at radius 1 is 1.38 bits per heavy atom. The molecule has 0 aliphatic carbocycles. The lowest BCUT2D eigenvalue weighted by Crippen LogP contribution is -2.37. The molecular weight excluding hydrogens is 266 g/mol. The van der Waals surface area contributed by atoms with Crippen LogP contribution < -0.4 is 11.1 Å². The molecule has 0 aliphatic rings. The monoisotopic (exact) mass is 287 g/mol. The second-order valence-corrected chi connectivity index (χ2v) is 5.02. The molecule has 1 aromatic carbocycles. The molecule has 0 bridgehead atoms. The molecule has 2 rings (SSSR count). The van der Waals surface area contributed by atoms with Gasteiger partial charge in [-0.3, -0.25) is 4.79 Å². The summed E-state index contributed by atoms with van der Waals surface area (Å²) in [6, 6.07) is 9.91. The first kappa shape index (κ1) is 15.2. The van der Waals surface area contributed by atoms with Gasteiger partial charge in [0.15, 0.2) is 0 Å². The number of carbonyl (C=O) groups is 1. The van der Waals surface area contributed by atoms with Crippen LogP contribution in [0.1, 0.15) is 11.4 Å². The number of aromatic nitrogens is 3. The van der Waals surface area contributed by atoms with E-state index >= 15 is 0 Å². The summed E-state index contributed by atoms with van der Waals surface area (Å²) in [5, 5.41) is 10.7. The molecule has 0 radical (unpaired) electrons. The van der Waals surface area contributed by atoms with E-state index in [0.717, 1.165) is 11.4 Å². The molecule has 1 heterocycles. The Morgan fingerprint density at radius 2 is 2.14 bits per heavy atom. The molecule has 0 fully saturated rings. The lowest BCUT2D eigenvalue weighted by molar-refractivity contribution is -0.124. The zero-order valence-corrected chi connectivity index (χ0v) is 12.2. The van der Waals surface area contributed by atoms with Crippen molar-refractivity contribution in [2.45, 2.75) is 12.8 Å². The van der Waals surface area contributed by atoms with E-state index in [1.165, 1.54) is 0 Å². The molecule has 112 valence electrons. The zero-order chi connectivity index (χ0) is 15.1. The van der Waals surface area contributed by atoms with Crippen molar-refractivity contribution in [3.63, 3.8) is 0 Å². The Morgan fingerprint density at radius 3 is 2.76 bits per heavy atom. The van der Waals surface area contributed by atoms with Crippen molar-refractivity contribution in [2.75, 3.05) is 13.1 Å². The quantitative estimate of drug-likeness (QED) is 0.766. The zero-order valence-electron chi connectivity index (χ0n) is 12.2. The summed E-state index contributed by atoms with van der Waals surface area (Å²) in [5.74, 6) is 0.637. The van der Waals surface area contributed by atoms with E-state index in [0.29, 0.717) is 25.9 Å². The van der Waals surface area contributed by atoms with Crippen LogP contribution in [-0.4, -0.2) is 33.8 Å². The Bertz CT molecular complexity index is 566. The fourth-order valence-corrected chi connectivity index (χ4v) is 2.16. The molecule has 2 aromatic rings. The third-order valence-corrected chi connectivity index (χ3v) is 3.43. The molecule has 1 unspecified atom stereocenters. The van der Waals surface area contributed by atoms with Crippen molar-refractivity contribution in [2.24, 2.45) is 18.7 Å². The van der Waals surface area contributed by atoms with Gasteiger partial charge in [0.25, 0.3) is 0 Å². The number of carbonyl (C=O) groups excluding carboxylic acids is 1. The number of nitrogens with zero attached hydrogens (tertiary/aromatic N) is 3. The molecule has 1 aromatic heterocycles. The van der Waals surface area contributed by atoms with Crippen LogP contribution in [0.4, 0.5) is 0 Å². The molecule has 21 heavy (non-hydrogen) atoms. The molecule has 6 nitrogen and oxygen atoms in total. The summed E-state index contributed by atoms with van der Waals surface area (Å²) in [6.07, 6.45) is 2.97. The summed E-state index contributed by atoms with van der Waals surface area (Å²) in [7, 11) is 1.88. The van der Waals surface area contributed by atoms with Gasteiger partial charge >= 0.3 is 0 Å². The standard InChI is InChI=1S/C15H21N5O/c1-20-11-18-19-14(20)7-8-17-15(21)13(10-16)9-12-5-3-2-4-6-12/h2-6,11,13H,7-10,16H2,1H3,(H,17,21). The fourth-order valence-electron chi connectivity index (χ4n) is 2.16. The number of nitrogens with one attached hydrogen (secondary N) is 1. The molecule has 1 atom stereocenters. The van der Waals surface area contributed by atoms with Gasteiger partial charge in [0.05, 0.1) is 5.92 Å². The maximum Gasteiger partial charge on any atom is 0.224 e. The lowest BCUT2D eigenvalue weighted by atomic mass is 9.98. The van der Waals surface area contributed by atoms with Crippen LogP contribution in [0.3, 0.4) is 0 Å². The van der Waals surface area contributed by atoms with Crippen LogP contribution in [0.15, 0.2) is 36.7 Å². The Labute approximate surface area is 124 Å². The maximum absolute atomic E-state index is 12.2. The van der Waals surface area contributed by atoms with Crippen molar-refractivity contribution in [1.82, 2.24) is 20.1 Å². The number of benzene rings is 1. The van der Waals surface area contributed by atoms with Crippen LogP contribution >= 0.6 is 0 Å². The maximum atomic E-state index is 12.2. The fraction of sp³-hybridized carbons (Fsp3) is 0.400. The summed E-state index contributed by atoms with van der Waals surface area (Å²) in [5.41, 5.74) is 6.85. The highest BCUT2D eigenvalue weighted by atomic mass is 16.1. The summed E-state index contributed by atoms with van der Waals surface area (Å²) in [4.78, 5) is 12.2. The van der Waals surface area contributed by atoms with Crippen molar-refractivity contribution < 1.29 is 4.79 Å². The van der Waals surface area contributed by atoms with Crippen molar-refractivity contribution in [3.05, 3.63) is 48.0 Å². The van der Waals surface area contributed by atoms with E-state index in [1.807, 2.05) is 41.9 Å². The van der Waals surface area contributed by atoms with E-state index in [1.54, 1.807) is 6.33 Å². The molecule has 0 saturated heterocycles. The van der Waals surface area contributed by atoms with Gasteiger partial charge in [0, 0.05) is 26.6 Å². The largest absolute Gasteiger partial charge is 0.355 e. The van der Waals surface area contributed by atoms with Gasteiger partial charge in [-0.1, -0.05) is 30.3 Å². The number of hydrogen-bond acceptors (Lipinski definition) is 4. The van der Waals surface area contributed by atoms with Gasteiger partial charge in [-0.15, -0.1) is 10.2 Å². The van der Waals surface area contributed by atoms with Crippen LogP contribution in [-0.2, 0) is 24.7 Å². The second kappa shape index (κ2) is 7.54. The van der Waals surface area contributed by atoms with Crippen molar-refractivity contribution in [3.8, 4) is 0 Å². The number of amides is 1. The number of rotatable bonds is 7. The normalized spacial score (nSPS) is 12.1. The van der Waals surface area contributed by atoms with Gasteiger partial charge < -0.3 is 15.6 Å². The first-order valence-corrected chi connectivity index (χ1v) is 7.05. The molecular formula is C15H21N5O. The molecule has 3 N–H and O–H groups in total. The van der Waals surface area contributed by atoms with E-state index in [2.05, 4.69) is 15.5 Å². The lowest BCUT2D eigenvalue weighted by Gasteiger charge is -2.14. The number of hydrogen-bond donors (Lipinski definition) is 2. The predicted molar refractivity (Wildman–Crippen MR) is 80.4 cm³/mol. The van der Waals surface area contributed by atoms with Gasteiger partial charge in [-0.25, -0.2) is 0 Å². The van der Waals surface area contributed by atoms with Gasteiger partial charge in [-0.05, 0) is 12.0 Å². The highest BCUT2D eigenvalue weighted by molar-refractivity contribution is 5.79. The number of nitrogens with two attached hydrogens (primary N) is 1. The van der Waals surface area contributed by atoms with Gasteiger partial charge in [0.2, 0.25) is 5.91 Å². The van der Waals surface area contributed by atoms with Gasteiger partial charge in [0.1, 0.15) is 12.2 Å². The first-order valence-electron chi connectivity index (χ1n) is 7.05. The SMILES string of the molecule is Cn1cnnc1CCNC(=O)C(CN)Cc1ccccc1. The summed E-state index contributed by atoms with van der Waals surface area (Å²) in [6.45, 7) is 0.876. The Kier molecular flexibility index (Phi) is 5.45. The molecule has 0 spiro atoms. The van der Waals surface area contributed by atoms with Crippen molar-refractivity contribution in [1.29, 1.82) is 0 Å². The molecule has 6 heteroatoms. The van der Waals surface area contributed by atoms with Crippen molar-refractivity contribution >= 4 is 5.91 Å². The molecule has 0 aliphatic heterocycles. The summed E-state index contributed by atoms with van der Waals surface area (Å²) >= 11 is 0. The minimum absolute atomic E-state index is 0.0106. The average molecular weight is 287 g/mol. The third kappa shape index (κ3) is 4.39. The second-order valence-electron chi connectivity index (χ2n) is 5.02. The van der Waals surface area contributed by atoms with Crippen LogP contribution in [0, 0.1) is 5.92 Å². The average Bonchev–Trinajstić information content (AvgIpc) is 2.91. The van der Waals surface area contributed by atoms with Crippen LogP contribution in [0.2, 0.25) is 0 Å². The molecule has 1 amide bonds. The predicted octanol–water partition coefficient (Wildman–Crippen LogP) is 0.291. The van der Waals surface area contributed by atoms with E-state index < -0.39 is 0 Å². The highest BCUT2D eigenvalue weighted by Gasteiger charge is 2.17. The van der Waals surface area contributed by atoms with E-state index in [4.69, 9.17) is 5.73 Å². The minimum Gasteiger partial charge on any atom is -0.355 e. The Hall–Kier alpha value is -2.21. The smallest absolute Gasteiger partial charge is 0.224 e.